The molecule has 748 valence electrons. The van der Waals surface area contributed by atoms with E-state index < -0.39 is 50.6 Å². The minimum atomic E-state index is -3.22. The Morgan fingerprint density at radius 2 is 0.630 bits per heavy atom. The number of nitro groups is 2. The van der Waals surface area contributed by atoms with Crippen molar-refractivity contribution in [2.45, 2.75) is 250 Å². The summed E-state index contributed by atoms with van der Waals surface area (Å²) >= 11 is 10.1. The molecule has 135 heavy (non-hydrogen) atoms. The number of carbonyl (C=O) groups is 9. The number of nitro benzene ring substituents is 2. The van der Waals surface area contributed by atoms with Gasteiger partial charge in [-0.3, -0.25) is 53.2 Å². The van der Waals surface area contributed by atoms with Crippen LogP contribution in [0.3, 0.4) is 0 Å². The molecule has 2 saturated heterocycles. The van der Waals surface area contributed by atoms with Crippen molar-refractivity contribution in [1.82, 2.24) is 25.0 Å². The second kappa shape index (κ2) is 74.7. The molecule has 7 aromatic carbocycles. The van der Waals surface area contributed by atoms with Crippen molar-refractivity contribution < 1.29 is 118 Å². The Morgan fingerprint density at radius 3 is 0.904 bits per heavy atom. The zero-order chi connectivity index (χ0) is 104. The van der Waals surface area contributed by atoms with Crippen LogP contribution in [0.15, 0.2) is 194 Å². The lowest BCUT2D eigenvalue weighted by molar-refractivity contribution is -0.385. The molecule has 10 rings (SSSR count). The molecule has 2 aliphatic rings. The lowest BCUT2D eigenvalue weighted by Gasteiger charge is -2.17. The molecule has 2 amide bonds. The van der Waals surface area contributed by atoms with E-state index >= 15 is 0 Å². The summed E-state index contributed by atoms with van der Waals surface area (Å²) in [5.41, 5.74) is 0.790. The number of likely N-dealkylation sites (tertiary alicyclic amines) is 2. The Balaban J connectivity index is -0.000000703. The average molecular weight is 1950 g/mol. The highest BCUT2D eigenvalue weighted by Gasteiger charge is 2.27. The molecule has 0 saturated carbocycles. The first-order chi connectivity index (χ1) is 63.6. The number of hydrogen-bond donors (Lipinski definition) is 0. The van der Waals surface area contributed by atoms with Crippen molar-refractivity contribution in [1.29, 1.82) is 0 Å². The fourth-order valence-corrected chi connectivity index (χ4v) is 10.3. The largest absolute Gasteiger partial charge is 0.535 e. The molecule has 0 spiro atoms. The van der Waals surface area contributed by atoms with Gasteiger partial charge in [-0.15, -0.1) is 5.10 Å². The first kappa shape index (κ1) is 129. The molecule has 37 heteroatoms. The lowest BCUT2D eigenvalue weighted by Crippen LogP contribution is -2.34. The number of ether oxygens (including phenoxy) is 10. The Bertz CT molecular complexity index is 4690. The van der Waals surface area contributed by atoms with E-state index in [9.17, 15) is 71.8 Å². The number of benzene rings is 7. The Kier molecular flexibility index (Phi) is 71.1. The fraction of sp³-hybridized carbons (Fsp3) is 0.459. The Morgan fingerprint density at radius 1 is 0.356 bits per heavy atom. The number of aromatic nitrogens is 3. The van der Waals surface area contributed by atoms with E-state index in [1.54, 1.807) is 190 Å². The van der Waals surface area contributed by atoms with Gasteiger partial charge in [-0.1, -0.05) is 263 Å². The summed E-state index contributed by atoms with van der Waals surface area (Å²) in [6.45, 7) is 53.0. The first-order valence-electron chi connectivity index (χ1n) is 44.4. The average Bonchev–Trinajstić information content (AvgIpc) is 1.73. The van der Waals surface area contributed by atoms with Gasteiger partial charge in [0, 0.05) is 49.9 Å². The molecule has 0 N–H and O–H groups in total. The maximum atomic E-state index is 11.4. The van der Waals surface area contributed by atoms with Gasteiger partial charge in [0.1, 0.15) is 34.0 Å². The molecule has 1 aromatic heterocycles. The van der Waals surface area contributed by atoms with Crippen LogP contribution in [-0.4, -0.2) is 157 Å². The predicted octanol–water partition coefficient (Wildman–Crippen LogP) is 23.5. The van der Waals surface area contributed by atoms with Crippen LogP contribution in [0.25, 0.3) is 11.0 Å². The highest BCUT2D eigenvalue weighted by Crippen LogP contribution is 2.28. The molecule has 2 aliphatic heterocycles. The lowest BCUT2D eigenvalue weighted by atomic mass is 10.2. The van der Waals surface area contributed by atoms with Crippen LogP contribution in [0.1, 0.15) is 220 Å². The van der Waals surface area contributed by atoms with Gasteiger partial charge < -0.3 is 57.2 Å². The van der Waals surface area contributed by atoms with E-state index in [0.29, 0.717) is 34.0 Å². The highest BCUT2D eigenvalue weighted by molar-refractivity contribution is 7.86. The summed E-state index contributed by atoms with van der Waals surface area (Å²) in [5.74, 6) is 1.22. The smallest absolute Gasteiger partial charge is 0.431 e. The first-order valence-corrected chi connectivity index (χ1v) is 47.0. The molecule has 0 atom stereocenters. The third-order valence-corrected chi connectivity index (χ3v) is 16.2. The van der Waals surface area contributed by atoms with E-state index in [4.69, 9.17) is 76.6 Å². The van der Waals surface area contributed by atoms with Crippen molar-refractivity contribution in [2.24, 2.45) is 29.6 Å². The number of carbonyl (C=O) groups excluding carboxylic acids is 9. The van der Waals surface area contributed by atoms with Crippen LogP contribution in [0, 0.1) is 49.8 Å². The molecule has 2 fully saturated rings. The van der Waals surface area contributed by atoms with Crippen molar-refractivity contribution >= 4 is 121 Å². The summed E-state index contributed by atoms with van der Waals surface area (Å²) in [4.78, 5) is 132. The minimum Gasteiger partial charge on any atom is -0.431 e. The number of hydrogen-bond acceptors (Lipinski definition) is 31. The van der Waals surface area contributed by atoms with Gasteiger partial charge >= 0.3 is 53.9 Å². The Labute approximate surface area is 807 Å². The normalized spacial score (nSPS) is 11.1. The van der Waals surface area contributed by atoms with Crippen LogP contribution in [0.5, 0.6) is 34.5 Å². The molecule has 0 unspecified atom stereocenters. The zero-order valence-corrected chi connectivity index (χ0v) is 85.8. The number of nitrogens with zero attached hydrogens (tertiary/aromatic N) is 7. The summed E-state index contributed by atoms with van der Waals surface area (Å²) in [7, 11) is -3.22. The number of rotatable bonds is 20. The third-order valence-electron chi connectivity index (χ3n) is 14.6. The van der Waals surface area contributed by atoms with E-state index in [0.717, 1.165) is 59.9 Å². The summed E-state index contributed by atoms with van der Waals surface area (Å²) in [5, 5.41) is 28.7. The zero-order valence-electron chi connectivity index (χ0n) is 83.4. The van der Waals surface area contributed by atoms with Crippen LogP contribution < -0.4 is 33.3 Å². The van der Waals surface area contributed by atoms with E-state index in [1.165, 1.54) is 42.5 Å². The van der Waals surface area contributed by atoms with Gasteiger partial charge in [-0.25, -0.2) is 19.2 Å². The molecular formula is C98H141N7O27S3. The quantitative estimate of drug-likeness (QED) is 0.00787. The molecule has 8 aromatic rings. The number of para-hydroxylation sites is 9. The maximum absolute atomic E-state index is 11.4. The molecule has 0 radical (unpaired) electrons. The third kappa shape index (κ3) is 62.4. The molecule has 3 heterocycles. The molecule has 0 aliphatic carbocycles. The van der Waals surface area contributed by atoms with Crippen LogP contribution >= 0.6 is 24.4 Å². The maximum Gasteiger partial charge on any atom is 0.535 e. The summed E-state index contributed by atoms with van der Waals surface area (Å²) in [6.07, 6.45) is 0.718. The minimum absolute atomic E-state index is 0.0128. The van der Waals surface area contributed by atoms with E-state index in [2.05, 4.69) is 14.5 Å². The van der Waals surface area contributed by atoms with Gasteiger partial charge in [-0.2, -0.15) is 8.42 Å². The van der Waals surface area contributed by atoms with E-state index in [-0.39, 0.29) is 107 Å². The second-order valence-corrected chi connectivity index (χ2v) is 32.1. The van der Waals surface area contributed by atoms with Crippen molar-refractivity contribution in [3.63, 3.8) is 0 Å². The second-order valence-electron chi connectivity index (χ2n) is 29.6. The monoisotopic (exact) mass is 1940 g/mol. The van der Waals surface area contributed by atoms with Crippen molar-refractivity contribution in [3.8, 4) is 34.5 Å². The molecular weight excluding hydrogens is 1800 g/mol. The van der Waals surface area contributed by atoms with Crippen LogP contribution in [0.4, 0.5) is 30.6 Å². The molecule has 34 nitrogen and oxygen atoms in total. The van der Waals surface area contributed by atoms with Gasteiger partial charge in [0.25, 0.3) is 10.1 Å². The summed E-state index contributed by atoms with van der Waals surface area (Å²) < 4.78 is 73.4. The predicted molar refractivity (Wildman–Crippen MR) is 529 cm³/mol. The number of thiocarbonyl (C=S) groups is 2. The Hall–Kier alpha value is -12.7. The van der Waals surface area contributed by atoms with Gasteiger partial charge in [0.2, 0.25) is 23.3 Å². The van der Waals surface area contributed by atoms with Gasteiger partial charge in [0.15, 0.2) is 0 Å². The SMILES string of the molecule is CC.CC.CC.CC.CC(C)C(=O)N1CCCC1=S.CC(C)C(=O)N1CCCC1=S.CC(C)C(=O)Oc1ccccc1.CC(C)C(=O)Oc1ccccc1.CC(C)C(=O)Oc1ccccc1[N+](=O)[O-].CC(C)OC(=O)Oc1ccccc1.CC(C)OC(=O)Oc1ccccc1.CC(C)OC(=O)Oc1ccccc1[N+](=O)[O-].CC(C)OC(=O)On1nnc2ccccc21.CC(C)OS(C)(=O)=O. The summed E-state index contributed by atoms with van der Waals surface area (Å²) in [6, 6.07) is 54.3. The topological polar surface area (TPSA) is 422 Å². The number of fused-ring (bicyclic) bond motifs is 1. The fourth-order valence-electron chi connectivity index (χ4n) is 8.90. The van der Waals surface area contributed by atoms with Crippen LogP contribution in [0.2, 0.25) is 0 Å². The van der Waals surface area contributed by atoms with Crippen molar-refractivity contribution in [2.75, 3.05) is 19.3 Å². The van der Waals surface area contributed by atoms with Crippen LogP contribution in [-0.2, 0) is 57.2 Å². The number of esters is 3. The van der Waals surface area contributed by atoms with Crippen molar-refractivity contribution in [3.05, 3.63) is 214 Å². The van der Waals surface area contributed by atoms with Gasteiger partial charge in [0.05, 0.1) is 74.4 Å². The van der Waals surface area contributed by atoms with E-state index in [1.807, 2.05) is 165 Å². The standard InChI is InChI=1S/C10H11N3O3.C10H11NO5.C10H11NO4.2C10H12O3.2C10H12O2.2C8H13NOS.C4H10O3S.4C2H6/c1-7(2)15-10(14)16-13-9-6-4-3-5-8(9)11-12-13;1-7(2)15-10(12)16-9-6-4-3-5-8(9)11(13)14;1-7(2)10(12)15-9-6-4-3-5-8(9)11(13)14;2*1-8(2)12-10(11)13-9-6-4-3-5-7-9;2*1-8(2)10(11)12-9-6-4-3-5-7-9;2*1-6(2)8(10)9-5-3-4-7(9)11;1-4(2)7-8(3,5)6;4*1-2/h2*3-7H,1-2H3;3-7H,1-2H3;2*3-8H,1-2H3;2*3-8H,1-2H3;2*6H,3-5H2,1-2H3;4H,1-3H3;4*1-2H3. The highest BCUT2D eigenvalue weighted by atomic mass is 32.2. The van der Waals surface area contributed by atoms with Gasteiger partial charge in [-0.05, 0) is 160 Å². The number of amides is 2. The molecule has 0 bridgehead atoms.